The van der Waals surface area contributed by atoms with E-state index in [2.05, 4.69) is 0 Å². The largest absolute Gasteiger partial charge is 0.396 e. The number of aliphatic hydroxyl groups excluding tert-OH is 1. The Labute approximate surface area is 53.7 Å². The van der Waals surface area contributed by atoms with Gasteiger partial charge in [-0.25, -0.2) is 0 Å². The van der Waals surface area contributed by atoms with E-state index in [1.165, 1.54) is 0 Å². The van der Waals surface area contributed by atoms with E-state index in [0.29, 0.717) is 6.29 Å². The van der Waals surface area contributed by atoms with Crippen LogP contribution in [0.25, 0.3) is 0 Å². The summed E-state index contributed by atoms with van der Waals surface area (Å²) in [5, 5.41) is 8.23. The Hall–Kier alpha value is -0.700. The maximum atomic E-state index is 10.5. The monoisotopic (exact) mass is 130 g/mol. The van der Waals surface area contributed by atoms with Gasteiger partial charge in [-0.3, -0.25) is 4.79 Å². The van der Waals surface area contributed by atoms with Crippen molar-refractivity contribution in [3.63, 3.8) is 0 Å². The Morgan fingerprint density at radius 1 is 1.44 bits per heavy atom. The molecule has 0 fully saturated rings. The number of hydrogen-bond acceptors (Lipinski definition) is 3. The fourth-order valence-corrected chi connectivity index (χ4v) is 0.470. The highest BCUT2D eigenvalue weighted by Crippen LogP contribution is 1.90. The van der Waals surface area contributed by atoms with Crippen LogP contribution in [0.5, 0.6) is 0 Å². The summed E-state index contributed by atoms with van der Waals surface area (Å²) in [5.74, 6) is -0.0513. The van der Waals surface area contributed by atoms with Gasteiger partial charge in [0.2, 0.25) is 0 Å². The van der Waals surface area contributed by atoms with Crippen molar-refractivity contribution in [2.75, 3.05) is 6.61 Å². The van der Waals surface area contributed by atoms with Crippen molar-refractivity contribution < 1.29 is 14.7 Å². The number of rotatable bonds is 5. The van der Waals surface area contributed by atoms with Crippen LogP contribution in [0.3, 0.4) is 0 Å². The van der Waals surface area contributed by atoms with Crippen molar-refractivity contribution in [3.05, 3.63) is 0 Å². The second kappa shape index (κ2) is 5.44. The molecular weight excluding hydrogens is 120 g/mol. The second-order valence-corrected chi connectivity index (χ2v) is 1.72. The fourth-order valence-electron chi connectivity index (χ4n) is 0.470. The predicted octanol–water partition coefficient (Wildman–Crippen LogP) is -0.0830. The van der Waals surface area contributed by atoms with Gasteiger partial charge in [0.15, 0.2) is 0 Å². The molecule has 0 heterocycles. The van der Waals surface area contributed by atoms with E-state index in [-0.39, 0.29) is 31.7 Å². The summed E-state index contributed by atoms with van der Waals surface area (Å²) in [6.07, 6.45) is 1.42. The van der Waals surface area contributed by atoms with E-state index in [9.17, 15) is 9.59 Å². The number of carbonyl (C=O) groups excluding carboxylic acids is 2. The van der Waals surface area contributed by atoms with Crippen LogP contribution >= 0.6 is 0 Å². The molecule has 0 amide bonds. The van der Waals surface area contributed by atoms with Crippen LogP contribution in [-0.4, -0.2) is 23.8 Å². The fraction of sp³-hybridized carbons (Fsp3) is 0.667. The first-order chi connectivity index (χ1) is 4.31. The molecule has 0 aliphatic heterocycles. The highest BCUT2D eigenvalue weighted by Gasteiger charge is 1.97. The van der Waals surface area contributed by atoms with E-state index in [0.717, 1.165) is 0 Å². The van der Waals surface area contributed by atoms with Gasteiger partial charge in [-0.1, -0.05) is 0 Å². The molecule has 52 valence electrons. The predicted molar refractivity (Wildman–Crippen MR) is 32.0 cm³/mol. The molecular formula is C6H10O3. The third kappa shape index (κ3) is 5.17. The Morgan fingerprint density at radius 3 is 2.56 bits per heavy atom. The molecule has 3 heteroatoms. The first-order valence-corrected chi connectivity index (χ1v) is 2.87. The van der Waals surface area contributed by atoms with Crippen LogP contribution in [-0.2, 0) is 9.59 Å². The number of hydrogen-bond donors (Lipinski definition) is 1. The lowest BCUT2D eigenvalue weighted by Crippen LogP contribution is -2.00. The van der Waals surface area contributed by atoms with Gasteiger partial charge in [0.1, 0.15) is 12.1 Å². The molecule has 0 aromatic carbocycles. The highest BCUT2D eigenvalue weighted by atomic mass is 16.3. The van der Waals surface area contributed by atoms with Crippen LogP contribution in [0.2, 0.25) is 0 Å². The van der Waals surface area contributed by atoms with E-state index in [4.69, 9.17) is 5.11 Å². The summed E-state index contributed by atoms with van der Waals surface area (Å²) in [6.45, 7) is -0.113. The normalized spacial score (nSPS) is 9.00. The molecule has 0 bridgehead atoms. The smallest absolute Gasteiger partial charge is 0.135 e. The number of aldehydes is 1. The average Bonchev–Trinajstić information content (AvgIpc) is 1.85. The maximum absolute atomic E-state index is 10.5. The van der Waals surface area contributed by atoms with Gasteiger partial charge < -0.3 is 9.90 Å². The summed E-state index contributed by atoms with van der Waals surface area (Å²) in [6, 6.07) is 0. The zero-order chi connectivity index (χ0) is 7.11. The van der Waals surface area contributed by atoms with E-state index in [1.807, 2.05) is 0 Å². The Kier molecular flexibility index (Phi) is 5.01. The third-order valence-corrected chi connectivity index (χ3v) is 0.932. The number of carbonyl (C=O) groups is 2. The zero-order valence-corrected chi connectivity index (χ0v) is 5.17. The molecule has 0 rings (SSSR count). The molecule has 0 unspecified atom stereocenters. The van der Waals surface area contributed by atoms with Crippen molar-refractivity contribution in [1.82, 2.24) is 0 Å². The molecule has 0 saturated carbocycles. The SMILES string of the molecule is O=CCCC(=O)CCO. The lowest BCUT2D eigenvalue weighted by Gasteiger charge is -1.90. The number of Topliss-reactive ketones (excluding diaryl/α,β-unsaturated/α-hetero) is 1. The number of aliphatic hydroxyl groups is 1. The third-order valence-electron chi connectivity index (χ3n) is 0.932. The molecule has 0 aliphatic carbocycles. The standard InChI is InChI=1S/C6H10O3/c7-4-1-2-6(9)3-5-8/h4,8H,1-3,5H2. The number of ketones is 1. The molecule has 0 aliphatic rings. The minimum absolute atomic E-state index is 0.0513. The minimum atomic E-state index is -0.113. The first-order valence-electron chi connectivity index (χ1n) is 2.87. The summed E-state index contributed by atoms with van der Waals surface area (Å²) in [4.78, 5) is 20.2. The minimum Gasteiger partial charge on any atom is -0.396 e. The van der Waals surface area contributed by atoms with Gasteiger partial charge in [0.05, 0.1) is 0 Å². The summed E-state index contributed by atoms with van der Waals surface area (Å²) in [7, 11) is 0. The van der Waals surface area contributed by atoms with E-state index in [1.54, 1.807) is 0 Å². The van der Waals surface area contributed by atoms with Gasteiger partial charge >= 0.3 is 0 Å². The van der Waals surface area contributed by atoms with Crippen LogP contribution in [0.1, 0.15) is 19.3 Å². The van der Waals surface area contributed by atoms with Crippen molar-refractivity contribution in [3.8, 4) is 0 Å². The lowest BCUT2D eigenvalue weighted by atomic mass is 10.2. The average molecular weight is 130 g/mol. The van der Waals surface area contributed by atoms with Gasteiger partial charge in [-0.15, -0.1) is 0 Å². The second-order valence-electron chi connectivity index (χ2n) is 1.72. The molecule has 0 radical (unpaired) electrons. The molecule has 0 saturated heterocycles. The van der Waals surface area contributed by atoms with E-state index < -0.39 is 0 Å². The Bertz CT molecular complexity index is 98.5. The molecule has 0 aromatic heterocycles. The van der Waals surface area contributed by atoms with Crippen LogP contribution in [0, 0.1) is 0 Å². The molecule has 1 N–H and O–H groups in total. The van der Waals surface area contributed by atoms with Crippen molar-refractivity contribution in [2.24, 2.45) is 0 Å². The lowest BCUT2D eigenvalue weighted by molar-refractivity contribution is -0.121. The van der Waals surface area contributed by atoms with Gasteiger partial charge in [-0.05, 0) is 0 Å². The molecule has 9 heavy (non-hydrogen) atoms. The van der Waals surface area contributed by atoms with Crippen LogP contribution < -0.4 is 0 Å². The quantitative estimate of drug-likeness (QED) is 0.529. The Balaban J connectivity index is 3.16. The molecule has 0 spiro atoms. The summed E-state index contributed by atoms with van der Waals surface area (Å²) >= 11 is 0. The molecule has 3 nitrogen and oxygen atoms in total. The first kappa shape index (κ1) is 8.30. The van der Waals surface area contributed by atoms with Gasteiger partial charge in [0.25, 0.3) is 0 Å². The maximum Gasteiger partial charge on any atom is 0.135 e. The van der Waals surface area contributed by atoms with Crippen molar-refractivity contribution in [2.45, 2.75) is 19.3 Å². The highest BCUT2D eigenvalue weighted by molar-refractivity contribution is 5.80. The van der Waals surface area contributed by atoms with Gasteiger partial charge in [-0.2, -0.15) is 0 Å². The summed E-state index contributed by atoms with van der Waals surface area (Å²) < 4.78 is 0. The topological polar surface area (TPSA) is 54.4 Å². The summed E-state index contributed by atoms with van der Waals surface area (Å²) in [5.41, 5.74) is 0. The van der Waals surface area contributed by atoms with Gasteiger partial charge in [0, 0.05) is 25.9 Å². The van der Waals surface area contributed by atoms with Crippen LogP contribution in [0.4, 0.5) is 0 Å². The molecule has 0 atom stereocenters. The molecule has 0 aromatic rings. The van der Waals surface area contributed by atoms with Crippen molar-refractivity contribution in [1.29, 1.82) is 0 Å². The Morgan fingerprint density at radius 2 is 2.11 bits per heavy atom. The van der Waals surface area contributed by atoms with E-state index >= 15 is 0 Å². The van der Waals surface area contributed by atoms with Crippen molar-refractivity contribution >= 4 is 12.1 Å². The zero-order valence-electron chi connectivity index (χ0n) is 5.17. The van der Waals surface area contributed by atoms with Crippen LogP contribution in [0.15, 0.2) is 0 Å².